The van der Waals surface area contributed by atoms with Gasteiger partial charge in [-0.3, -0.25) is 9.59 Å². The number of esters is 1. The smallest absolute Gasteiger partial charge is 0.310 e. The van der Waals surface area contributed by atoms with Crippen LogP contribution < -0.4 is 0 Å². The molecule has 0 saturated heterocycles. The van der Waals surface area contributed by atoms with E-state index in [9.17, 15) is 9.59 Å². The number of hydrogen-bond acceptors (Lipinski definition) is 3. The third kappa shape index (κ3) is 4.88. The summed E-state index contributed by atoms with van der Waals surface area (Å²) in [5.41, 5.74) is 0.956. The second kappa shape index (κ2) is 8.15. The number of ether oxygens (including phenoxy) is 1. The van der Waals surface area contributed by atoms with Gasteiger partial charge in [-0.25, -0.2) is 0 Å². The number of amides is 1. The zero-order chi connectivity index (χ0) is 15.0. The van der Waals surface area contributed by atoms with Crippen LogP contribution in [0.15, 0.2) is 43.0 Å². The molecule has 4 heteroatoms. The van der Waals surface area contributed by atoms with Crippen LogP contribution in [0.4, 0.5) is 0 Å². The fraction of sp³-hybridized carbons (Fsp3) is 0.375. The van der Waals surface area contributed by atoms with Gasteiger partial charge in [-0.2, -0.15) is 0 Å². The zero-order valence-electron chi connectivity index (χ0n) is 12.0. The standard InChI is InChI=1S/C16H21NO3/c1-4-10-17(12-13(2)16(19)20-3)15(18)11-14-8-6-5-7-9-14/h4-9,13H,1,10-12H2,2-3H3. The van der Waals surface area contributed by atoms with E-state index < -0.39 is 0 Å². The van der Waals surface area contributed by atoms with Gasteiger partial charge in [0.1, 0.15) is 0 Å². The SMILES string of the molecule is C=CCN(CC(C)C(=O)OC)C(=O)Cc1ccccc1. The van der Waals surface area contributed by atoms with Crippen LogP contribution in [-0.4, -0.2) is 37.0 Å². The average Bonchev–Trinajstić information content (AvgIpc) is 2.46. The molecule has 108 valence electrons. The first kappa shape index (κ1) is 16.0. The molecule has 0 saturated carbocycles. The van der Waals surface area contributed by atoms with Crippen LogP contribution in [0.3, 0.4) is 0 Å². The largest absolute Gasteiger partial charge is 0.469 e. The van der Waals surface area contributed by atoms with E-state index in [1.54, 1.807) is 17.9 Å². The van der Waals surface area contributed by atoms with Crippen molar-refractivity contribution in [2.75, 3.05) is 20.2 Å². The number of benzene rings is 1. The monoisotopic (exact) mass is 275 g/mol. The Hall–Kier alpha value is -2.10. The molecule has 0 heterocycles. The van der Waals surface area contributed by atoms with Gasteiger partial charge in [-0.15, -0.1) is 6.58 Å². The van der Waals surface area contributed by atoms with Crippen molar-refractivity contribution in [3.63, 3.8) is 0 Å². The van der Waals surface area contributed by atoms with Gasteiger partial charge in [0.2, 0.25) is 5.91 Å². The molecule has 0 radical (unpaired) electrons. The number of nitrogens with zero attached hydrogens (tertiary/aromatic N) is 1. The molecule has 1 amide bonds. The van der Waals surface area contributed by atoms with E-state index >= 15 is 0 Å². The second-order valence-electron chi connectivity index (χ2n) is 4.67. The minimum atomic E-state index is -0.348. The predicted octanol–water partition coefficient (Wildman–Crippen LogP) is 2.05. The number of carbonyl (C=O) groups is 2. The summed E-state index contributed by atoms with van der Waals surface area (Å²) in [6, 6.07) is 9.53. The molecule has 0 aliphatic heterocycles. The van der Waals surface area contributed by atoms with Crippen LogP contribution in [-0.2, 0) is 20.7 Å². The van der Waals surface area contributed by atoms with Crippen molar-refractivity contribution in [3.8, 4) is 0 Å². The summed E-state index contributed by atoms with van der Waals surface area (Å²) < 4.78 is 4.69. The summed E-state index contributed by atoms with van der Waals surface area (Å²) in [5.74, 6) is -0.682. The molecule has 1 rings (SSSR count). The van der Waals surface area contributed by atoms with Gasteiger partial charge in [0, 0.05) is 13.1 Å². The van der Waals surface area contributed by atoms with E-state index in [2.05, 4.69) is 11.3 Å². The normalized spacial score (nSPS) is 11.5. The highest BCUT2D eigenvalue weighted by molar-refractivity contribution is 5.80. The highest BCUT2D eigenvalue weighted by Crippen LogP contribution is 2.07. The van der Waals surface area contributed by atoms with Crippen LogP contribution in [0.5, 0.6) is 0 Å². The van der Waals surface area contributed by atoms with Gasteiger partial charge in [-0.1, -0.05) is 43.3 Å². The Morgan fingerprint density at radius 2 is 2.00 bits per heavy atom. The molecule has 4 nitrogen and oxygen atoms in total. The average molecular weight is 275 g/mol. The third-order valence-corrected chi connectivity index (χ3v) is 3.00. The number of rotatable bonds is 7. The molecule has 1 atom stereocenters. The summed E-state index contributed by atoms with van der Waals surface area (Å²) in [6.07, 6.45) is 1.98. The highest BCUT2D eigenvalue weighted by Gasteiger charge is 2.20. The maximum atomic E-state index is 12.3. The lowest BCUT2D eigenvalue weighted by Gasteiger charge is -2.23. The summed E-state index contributed by atoms with van der Waals surface area (Å²) in [5, 5.41) is 0. The van der Waals surface area contributed by atoms with Gasteiger partial charge >= 0.3 is 5.97 Å². The Kier molecular flexibility index (Phi) is 6.50. The van der Waals surface area contributed by atoms with Crippen molar-refractivity contribution < 1.29 is 14.3 Å². The summed E-state index contributed by atoms with van der Waals surface area (Å²) >= 11 is 0. The minimum absolute atomic E-state index is 0.0214. The van der Waals surface area contributed by atoms with Crippen LogP contribution in [0, 0.1) is 5.92 Å². The minimum Gasteiger partial charge on any atom is -0.469 e. The van der Waals surface area contributed by atoms with Crippen molar-refractivity contribution in [2.45, 2.75) is 13.3 Å². The van der Waals surface area contributed by atoms with Gasteiger partial charge in [0.05, 0.1) is 19.4 Å². The lowest BCUT2D eigenvalue weighted by atomic mass is 10.1. The molecule has 0 spiro atoms. The van der Waals surface area contributed by atoms with Crippen molar-refractivity contribution >= 4 is 11.9 Å². The van der Waals surface area contributed by atoms with Crippen molar-refractivity contribution in [1.29, 1.82) is 0 Å². The van der Waals surface area contributed by atoms with Gasteiger partial charge in [-0.05, 0) is 5.56 Å². The number of methoxy groups -OCH3 is 1. The molecule has 1 unspecified atom stereocenters. The molecule has 0 aliphatic carbocycles. The topological polar surface area (TPSA) is 46.6 Å². The highest BCUT2D eigenvalue weighted by atomic mass is 16.5. The van der Waals surface area contributed by atoms with E-state index in [-0.39, 0.29) is 17.8 Å². The Balaban J connectivity index is 2.67. The van der Waals surface area contributed by atoms with Crippen LogP contribution >= 0.6 is 0 Å². The molecule has 1 aromatic rings. The van der Waals surface area contributed by atoms with Gasteiger partial charge < -0.3 is 9.64 Å². The number of hydrogen-bond donors (Lipinski definition) is 0. The summed E-state index contributed by atoms with van der Waals surface area (Å²) in [6.45, 7) is 6.16. The molecule has 0 aliphatic rings. The Bertz CT molecular complexity index is 456. The predicted molar refractivity (Wildman–Crippen MR) is 78.1 cm³/mol. The molecule has 0 aromatic heterocycles. The lowest BCUT2D eigenvalue weighted by Crippen LogP contribution is -2.38. The van der Waals surface area contributed by atoms with E-state index in [4.69, 9.17) is 0 Å². The van der Waals surface area contributed by atoms with E-state index in [1.165, 1.54) is 7.11 Å². The van der Waals surface area contributed by atoms with E-state index in [0.29, 0.717) is 19.5 Å². The Morgan fingerprint density at radius 3 is 2.55 bits per heavy atom. The maximum Gasteiger partial charge on any atom is 0.310 e. The molecule has 0 bridgehead atoms. The molecule has 1 aromatic carbocycles. The van der Waals surface area contributed by atoms with E-state index in [1.807, 2.05) is 30.3 Å². The van der Waals surface area contributed by atoms with Crippen molar-refractivity contribution in [3.05, 3.63) is 48.6 Å². The maximum absolute atomic E-state index is 12.3. The Labute approximate surface area is 120 Å². The molecule has 20 heavy (non-hydrogen) atoms. The molecular weight excluding hydrogens is 254 g/mol. The first-order valence-corrected chi connectivity index (χ1v) is 6.59. The van der Waals surface area contributed by atoms with Crippen molar-refractivity contribution in [1.82, 2.24) is 4.90 Å². The molecular formula is C16H21NO3. The first-order chi connectivity index (χ1) is 9.58. The fourth-order valence-electron chi connectivity index (χ4n) is 1.92. The Morgan fingerprint density at radius 1 is 1.35 bits per heavy atom. The van der Waals surface area contributed by atoms with Gasteiger partial charge in [0.15, 0.2) is 0 Å². The fourth-order valence-corrected chi connectivity index (χ4v) is 1.92. The number of carbonyl (C=O) groups excluding carboxylic acids is 2. The second-order valence-corrected chi connectivity index (χ2v) is 4.67. The first-order valence-electron chi connectivity index (χ1n) is 6.59. The zero-order valence-corrected chi connectivity index (χ0v) is 12.0. The quantitative estimate of drug-likeness (QED) is 0.565. The van der Waals surface area contributed by atoms with Crippen molar-refractivity contribution in [2.24, 2.45) is 5.92 Å². The lowest BCUT2D eigenvalue weighted by molar-refractivity contribution is -0.146. The molecule has 0 N–H and O–H groups in total. The van der Waals surface area contributed by atoms with Crippen LogP contribution in [0.25, 0.3) is 0 Å². The van der Waals surface area contributed by atoms with Crippen LogP contribution in [0.2, 0.25) is 0 Å². The summed E-state index contributed by atoms with van der Waals surface area (Å²) in [7, 11) is 1.35. The van der Waals surface area contributed by atoms with Gasteiger partial charge in [0.25, 0.3) is 0 Å². The van der Waals surface area contributed by atoms with E-state index in [0.717, 1.165) is 5.56 Å². The third-order valence-electron chi connectivity index (χ3n) is 3.00. The summed E-state index contributed by atoms with van der Waals surface area (Å²) in [4.78, 5) is 25.3. The molecule has 0 fully saturated rings. The van der Waals surface area contributed by atoms with Crippen LogP contribution in [0.1, 0.15) is 12.5 Å².